The SMILES string of the molecule is CCc1[nH]nc(C(C)C)c1C=O. The van der Waals surface area contributed by atoms with Crippen molar-refractivity contribution in [3.05, 3.63) is 17.0 Å². The number of aldehydes is 1. The summed E-state index contributed by atoms with van der Waals surface area (Å²) < 4.78 is 0. The number of nitrogens with one attached hydrogen (secondary N) is 1. The van der Waals surface area contributed by atoms with Gasteiger partial charge in [0.1, 0.15) is 0 Å². The predicted octanol–water partition coefficient (Wildman–Crippen LogP) is 1.91. The molecule has 1 aromatic heterocycles. The summed E-state index contributed by atoms with van der Waals surface area (Å²) in [6.45, 7) is 6.07. The number of carbonyl (C=O) groups excluding carboxylic acids is 1. The monoisotopic (exact) mass is 166 g/mol. The summed E-state index contributed by atoms with van der Waals surface area (Å²) in [5, 5.41) is 6.98. The number of hydrogen-bond acceptors (Lipinski definition) is 2. The molecule has 0 aliphatic carbocycles. The van der Waals surface area contributed by atoms with Crippen LogP contribution in [0.3, 0.4) is 0 Å². The molecule has 0 aliphatic rings. The number of rotatable bonds is 3. The maximum Gasteiger partial charge on any atom is 0.153 e. The Morgan fingerprint density at radius 2 is 2.25 bits per heavy atom. The quantitative estimate of drug-likeness (QED) is 0.697. The molecule has 1 rings (SSSR count). The summed E-state index contributed by atoms with van der Waals surface area (Å²) in [7, 11) is 0. The summed E-state index contributed by atoms with van der Waals surface area (Å²) in [5.41, 5.74) is 2.56. The van der Waals surface area contributed by atoms with Gasteiger partial charge in [0.2, 0.25) is 0 Å². The molecule has 1 heterocycles. The van der Waals surface area contributed by atoms with Crippen LogP contribution in [0.15, 0.2) is 0 Å². The molecule has 0 amide bonds. The van der Waals surface area contributed by atoms with E-state index in [4.69, 9.17) is 0 Å². The molecule has 0 atom stereocenters. The molecule has 0 unspecified atom stereocenters. The number of hydrogen-bond donors (Lipinski definition) is 1. The number of carbonyl (C=O) groups is 1. The van der Waals surface area contributed by atoms with E-state index in [1.807, 2.05) is 20.8 Å². The predicted molar refractivity (Wildman–Crippen MR) is 47.4 cm³/mol. The minimum absolute atomic E-state index is 0.307. The van der Waals surface area contributed by atoms with E-state index in [0.29, 0.717) is 5.92 Å². The number of nitrogens with zero attached hydrogens (tertiary/aromatic N) is 1. The van der Waals surface area contributed by atoms with Crippen LogP contribution in [0, 0.1) is 0 Å². The zero-order valence-corrected chi connectivity index (χ0v) is 7.72. The van der Waals surface area contributed by atoms with E-state index < -0.39 is 0 Å². The van der Waals surface area contributed by atoms with E-state index >= 15 is 0 Å². The molecule has 3 nitrogen and oxygen atoms in total. The third kappa shape index (κ3) is 1.40. The first-order valence-corrected chi connectivity index (χ1v) is 4.23. The highest BCUT2D eigenvalue weighted by Crippen LogP contribution is 2.18. The Morgan fingerprint density at radius 1 is 1.58 bits per heavy atom. The lowest BCUT2D eigenvalue weighted by Crippen LogP contribution is -1.94. The Morgan fingerprint density at radius 3 is 2.67 bits per heavy atom. The van der Waals surface area contributed by atoms with Crippen LogP contribution < -0.4 is 0 Å². The topological polar surface area (TPSA) is 45.8 Å². The lowest BCUT2D eigenvalue weighted by Gasteiger charge is -1.99. The van der Waals surface area contributed by atoms with Gasteiger partial charge in [0, 0.05) is 5.69 Å². The van der Waals surface area contributed by atoms with Crippen molar-refractivity contribution in [3.8, 4) is 0 Å². The smallest absolute Gasteiger partial charge is 0.153 e. The lowest BCUT2D eigenvalue weighted by atomic mass is 10.0. The summed E-state index contributed by atoms with van der Waals surface area (Å²) in [4.78, 5) is 10.7. The van der Waals surface area contributed by atoms with Crippen LogP contribution in [0.5, 0.6) is 0 Å². The van der Waals surface area contributed by atoms with Crippen LogP contribution in [-0.2, 0) is 6.42 Å². The van der Waals surface area contributed by atoms with Gasteiger partial charge in [0.25, 0.3) is 0 Å². The highest BCUT2D eigenvalue weighted by Gasteiger charge is 2.13. The Hall–Kier alpha value is -1.12. The molecule has 66 valence electrons. The number of aromatic nitrogens is 2. The summed E-state index contributed by atoms with van der Waals surface area (Å²) in [6, 6.07) is 0. The minimum atomic E-state index is 0.307. The molecule has 0 saturated heterocycles. The van der Waals surface area contributed by atoms with E-state index in [-0.39, 0.29) is 0 Å². The van der Waals surface area contributed by atoms with Crippen molar-refractivity contribution >= 4 is 6.29 Å². The van der Waals surface area contributed by atoms with Gasteiger partial charge in [-0.25, -0.2) is 0 Å². The van der Waals surface area contributed by atoms with Crippen LogP contribution >= 0.6 is 0 Å². The second-order valence-electron chi connectivity index (χ2n) is 3.13. The Bertz CT molecular complexity index is 276. The van der Waals surface area contributed by atoms with E-state index in [9.17, 15) is 4.79 Å². The van der Waals surface area contributed by atoms with Gasteiger partial charge >= 0.3 is 0 Å². The fourth-order valence-corrected chi connectivity index (χ4v) is 1.24. The van der Waals surface area contributed by atoms with Crippen molar-refractivity contribution in [1.82, 2.24) is 10.2 Å². The molecule has 0 fully saturated rings. The van der Waals surface area contributed by atoms with Crippen molar-refractivity contribution in [2.24, 2.45) is 0 Å². The van der Waals surface area contributed by atoms with Gasteiger partial charge in [-0.05, 0) is 12.3 Å². The molecule has 0 aromatic carbocycles. The van der Waals surface area contributed by atoms with E-state index in [0.717, 1.165) is 29.7 Å². The molecular weight excluding hydrogens is 152 g/mol. The molecule has 3 heteroatoms. The zero-order valence-electron chi connectivity index (χ0n) is 7.72. The fraction of sp³-hybridized carbons (Fsp3) is 0.556. The molecule has 0 spiro atoms. The Kier molecular flexibility index (Phi) is 2.63. The Labute approximate surface area is 72.2 Å². The molecule has 0 aliphatic heterocycles. The van der Waals surface area contributed by atoms with Crippen molar-refractivity contribution in [1.29, 1.82) is 0 Å². The first-order valence-electron chi connectivity index (χ1n) is 4.23. The molecule has 0 saturated carbocycles. The van der Waals surface area contributed by atoms with Gasteiger partial charge in [-0.1, -0.05) is 20.8 Å². The van der Waals surface area contributed by atoms with Crippen LogP contribution in [0.4, 0.5) is 0 Å². The maximum absolute atomic E-state index is 10.7. The molecule has 0 bridgehead atoms. The Balaban J connectivity index is 3.13. The van der Waals surface area contributed by atoms with E-state index in [1.54, 1.807) is 0 Å². The normalized spacial score (nSPS) is 10.7. The standard InChI is InChI=1S/C9H14N2O/c1-4-8-7(5-12)9(6(2)3)11-10-8/h5-6H,4H2,1-3H3,(H,10,11). The zero-order chi connectivity index (χ0) is 9.14. The lowest BCUT2D eigenvalue weighted by molar-refractivity contribution is 0.112. The van der Waals surface area contributed by atoms with Crippen LogP contribution in [0.25, 0.3) is 0 Å². The van der Waals surface area contributed by atoms with Crippen LogP contribution in [-0.4, -0.2) is 16.5 Å². The van der Waals surface area contributed by atoms with Gasteiger partial charge in [-0.15, -0.1) is 0 Å². The largest absolute Gasteiger partial charge is 0.298 e. The van der Waals surface area contributed by atoms with Gasteiger partial charge in [-0.2, -0.15) is 5.10 Å². The third-order valence-corrected chi connectivity index (χ3v) is 1.93. The minimum Gasteiger partial charge on any atom is -0.298 e. The van der Waals surface area contributed by atoms with Crippen molar-refractivity contribution < 1.29 is 4.79 Å². The number of H-pyrrole nitrogens is 1. The number of aryl methyl sites for hydroxylation is 1. The highest BCUT2D eigenvalue weighted by atomic mass is 16.1. The summed E-state index contributed by atoms with van der Waals surface area (Å²) in [6.07, 6.45) is 1.71. The van der Waals surface area contributed by atoms with Crippen molar-refractivity contribution in [2.45, 2.75) is 33.1 Å². The molecule has 1 aromatic rings. The van der Waals surface area contributed by atoms with Crippen LogP contribution in [0.1, 0.15) is 48.4 Å². The third-order valence-electron chi connectivity index (χ3n) is 1.93. The van der Waals surface area contributed by atoms with Crippen molar-refractivity contribution in [2.75, 3.05) is 0 Å². The molecule has 12 heavy (non-hydrogen) atoms. The first-order chi connectivity index (χ1) is 5.70. The average Bonchev–Trinajstić information content (AvgIpc) is 2.46. The summed E-state index contributed by atoms with van der Waals surface area (Å²) in [5.74, 6) is 0.307. The molecule has 0 radical (unpaired) electrons. The second kappa shape index (κ2) is 3.52. The van der Waals surface area contributed by atoms with Gasteiger partial charge < -0.3 is 0 Å². The number of aromatic amines is 1. The van der Waals surface area contributed by atoms with Gasteiger partial charge in [0.15, 0.2) is 6.29 Å². The van der Waals surface area contributed by atoms with Crippen LogP contribution in [0.2, 0.25) is 0 Å². The first kappa shape index (κ1) is 8.97. The van der Waals surface area contributed by atoms with E-state index in [2.05, 4.69) is 10.2 Å². The van der Waals surface area contributed by atoms with Gasteiger partial charge in [0.05, 0.1) is 11.3 Å². The second-order valence-corrected chi connectivity index (χ2v) is 3.13. The molecule has 1 N–H and O–H groups in total. The fourth-order valence-electron chi connectivity index (χ4n) is 1.24. The maximum atomic E-state index is 10.7. The van der Waals surface area contributed by atoms with Gasteiger partial charge in [-0.3, -0.25) is 9.89 Å². The molecular formula is C9H14N2O. The van der Waals surface area contributed by atoms with E-state index in [1.165, 1.54) is 0 Å². The summed E-state index contributed by atoms with van der Waals surface area (Å²) >= 11 is 0. The van der Waals surface area contributed by atoms with Crippen molar-refractivity contribution in [3.63, 3.8) is 0 Å². The average molecular weight is 166 g/mol. The highest BCUT2D eigenvalue weighted by molar-refractivity contribution is 5.78.